The summed E-state index contributed by atoms with van der Waals surface area (Å²) in [4.78, 5) is 50.6. The maximum atomic E-state index is 10.5. The molecule has 1 rings (SSSR count). The van der Waals surface area contributed by atoms with E-state index in [-0.39, 0.29) is 37.7 Å². The van der Waals surface area contributed by atoms with E-state index in [1.54, 1.807) is 6.92 Å². The topological polar surface area (TPSA) is 174 Å². The van der Waals surface area contributed by atoms with Gasteiger partial charge in [0.25, 0.3) is 0 Å². The van der Waals surface area contributed by atoms with Crippen LogP contribution in [-0.2, 0) is 33.4 Å². The summed E-state index contributed by atoms with van der Waals surface area (Å²) in [6, 6.07) is 10.0. The van der Waals surface area contributed by atoms with E-state index in [0.717, 1.165) is 24.5 Å². The molecule has 0 atom stereocenters. The highest BCUT2D eigenvalue weighted by Crippen LogP contribution is 1.97. The number of amides is 3. The van der Waals surface area contributed by atoms with E-state index >= 15 is 0 Å². The van der Waals surface area contributed by atoms with Crippen molar-refractivity contribution in [1.29, 1.82) is 0 Å². The predicted octanol–water partition coefficient (Wildman–Crippen LogP) is 2.33. The average molecular weight is 546 g/mol. The molecule has 0 radical (unpaired) electrons. The Labute approximate surface area is 230 Å². The number of esters is 2. The van der Waals surface area contributed by atoms with Gasteiger partial charge in [0.1, 0.15) is 6.61 Å². The Hall–Kier alpha value is -5.03. The SMILES string of the molecule is C=C(C)C(=O)OCCO.C=CC(=O)NCNC(=O)C=C.C=CC(N)=O.C=COC(C)=O.C=Cc1ccccc1. The molecule has 0 bridgehead atoms. The lowest BCUT2D eigenvalue weighted by Crippen LogP contribution is -2.35. The Bertz CT molecular complexity index is 921. The lowest BCUT2D eigenvalue weighted by Gasteiger charge is -2.01. The van der Waals surface area contributed by atoms with Crippen molar-refractivity contribution in [3.63, 3.8) is 0 Å². The van der Waals surface area contributed by atoms with Gasteiger partial charge in [0.15, 0.2) is 0 Å². The largest absolute Gasteiger partial charge is 0.460 e. The Morgan fingerprint density at radius 2 is 1.36 bits per heavy atom. The van der Waals surface area contributed by atoms with E-state index in [4.69, 9.17) is 5.11 Å². The number of aliphatic hydroxyl groups is 1. The van der Waals surface area contributed by atoms with Crippen LogP contribution in [0, 0.1) is 0 Å². The van der Waals surface area contributed by atoms with Crippen molar-refractivity contribution in [3.8, 4) is 0 Å². The molecule has 1 aromatic carbocycles. The van der Waals surface area contributed by atoms with Crippen LogP contribution in [0.15, 0.2) is 99.9 Å². The van der Waals surface area contributed by atoms with E-state index in [9.17, 15) is 24.0 Å². The standard InChI is InChI=1S/C8H8.C7H10N2O2.C6H10O3.C4H6O2.C3H5NO/c1-2-8-6-4-3-5-7-8;1-3-6(10)8-5-9-7(11)4-2;1-5(2)6(8)9-4-3-7;1-3-6-4(2)5;1-2-3(4)5/h2-7H,1H2;3-4H,1-2,5H2,(H,8,10)(H,9,11);7H,1,3-4H2,2H3;3H,1H2,2H3;2H,1H2,(H2,4,5). The summed E-state index contributed by atoms with van der Waals surface area (Å²) in [5.74, 6) is -1.91. The first kappa shape index (κ1) is 41.1. The van der Waals surface area contributed by atoms with E-state index in [2.05, 4.69) is 65.3 Å². The number of hydrogen-bond acceptors (Lipinski definition) is 8. The Morgan fingerprint density at radius 3 is 1.59 bits per heavy atom. The van der Waals surface area contributed by atoms with Crippen molar-refractivity contribution in [2.24, 2.45) is 5.73 Å². The van der Waals surface area contributed by atoms with Gasteiger partial charge >= 0.3 is 11.9 Å². The number of carbonyl (C=O) groups excluding carboxylic acids is 5. The number of aliphatic hydroxyl groups excluding tert-OH is 1. The smallest absolute Gasteiger partial charge is 0.333 e. The first-order valence-corrected chi connectivity index (χ1v) is 11.0. The number of rotatable bonds is 10. The Balaban J connectivity index is -0.000000201. The van der Waals surface area contributed by atoms with E-state index in [1.165, 1.54) is 12.5 Å². The molecule has 0 heterocycles. The van der Waals surface area contributed by atoms with Crippen LogP contribution >= 0.6 is 0 Å². The molecule has 0 aliphatic heterocycles. The van der Waals surface area contributed by atoms with E-state index in [0.29, 0.717) is 5.57 Å². The van der Waals surface area contributed by atoms with Crippen LogP contribution in [0.3, 0.4) is 0 Å². The predicted molar refractivity (Wildman–Crippen MR) is 152 cm³/mol. The highest BCUT2D eigenvalue weighted by molar-refractivity contribution is 5.89. The summed E-state index contributed by atoms with van der Waals surface area (Å²) >= 11 is 0. The molecule has 39 heavy (non-hydrogen) atoms. The monoisotopic (exact) mass is 545 g/mol. The molecule has 0 fully saturated rings. The number of ether oxygens (including phenoxy) is 2. The Kier molecular flexibility index (Phi) is 32.7. The fraction of sp³-hybridized carbons (Fsp3) is 0.179. The fourth-order valence-corrected chi connectivity index (χ4v) is 1.33. The van der Waals surface area contributed by atoms with E-state index in [1.807, 2.05) is 36.4 Å². The summed E-state index contributed by atoms with van der Waals surface area (Å²) in [5.41, 5.74) is 6.06. The zero-order valence-corrected chi connectivity index (χ0v) is 22.5. The molecule has 1 aromatic rings. The molecule has 0 aliphatic rings. The van der Waals surface area contributed by atoms with Crippen molar-refractivity contribution in [3.05, 3.63) is 105 Å². The number of benzene rings is 1. The van der Waals surface area contributed by atoms with Gasteiger partial charge in [-0.15, -0.1) is 0 Å². The summed E-state index contributed by atoms with van der Waals surface area (Å²) in [5, 5.41) is 12.9. The summed E-state index contributed by atoms with van der Waals surface area (Å²) in [6.07, 6.45) is 6.24. The van der Waals surface area contributed by atoms with Crippen LogP contribution in [-0.4, -0.2) is 54.6 Å². The third kappa shape index (κ3) is 40.4. The minimum Gasteiger partial charge on any atom is -0.460 e. The summed E-state index contributed by atoms with van der Waals surface area (Å²) < 4.78 is 8.63. The molecular formula is C28H39N3O8. The van der Waals surface area contributed by atoms with Gasteiger partial charge in [-0.3, -0.25) is 19.2 Å². The number of hydrogen-bond donors (Lipinski definition) is 4. The maximum Gasteiger partial charge on any atom is 0.333 e. The minimum absolute atomic E-state index is 0.0473. The minimum atomic E-state index is -0.481. The molecule has 0 aliphatic carbocycles. The molecule has 3 amide bonds. The highest BCUT2D eigenvalue weighted by Gasteiger charge is 1.99. The molecule has 11 heteroatoms. The molecular weight excluding hydrogens is 506 g/mol. The number of nitrogens with one attached hydrogen (secondary N) is 2. The van der Waals surface area contributed by atoms with Crippen LogP contribution in [0.1, 0.15) is 19.4 Å². The fourth-order valence-electron chi connectivity index (χ4n) is 1.33. The molecule has 0 saturated heterocycles. The second kappa shape index (κ2) is 31.0. The van der Waals surface area contributed by atoms with Crippen LogP contribution in [0.5, 0.6) is 0 Å². The average Bonchev–Trinajstić information content (AvgIpc) is 2.93. The van der Waals surface area contributed by atoms with Crippen molar-refractivity contribution < 1.29 is 38.6 Å². The van der Waals surface area contributed by atoms with Crippen molar-refractivity contribution in [2.45, 2.75) is 13.8 Å². The molecule has 11 nitrogen and oxygen atoms in total. The van der Waals surface area contributed by atoms with E-state index < -0.39 is 11.9 Å². The van der Waals surface area contributed by atoms with Crippen molar-refractivity contribution >= 4 is 35.7 Å². The van der Waals surface area contributed by atoms with Crippen LogP contribution in [0.25, 0.3) is 6.08 Å². The van der Waals surface area contributed by atoms with Gasteiger partial charge in [0, 0.05) is 12.5 Å². The van der Waals surface area contributed by atoms with Gasteiger partial charge in [0.2, 0.25) is 17.7 Å². The first-order chi connectivity index (χ1) is 18.4. The van der Waals surface area contributed by atoms with Gasteiger partial charge in [0.05, 0.1) is 19.5 Å². The molecule has 0 saturated carbocycles. The second-order valence-corrected chi connectivity index (χ2v) is 6.30. The van der Waals surface area contributed by atoms with Gasteiger partial charge in [-0.25, -0.2) is 4.79 Å². The molecule has 5 N–H and O–H groups in total. The lowest BCUT2D eigenvalue weighted by atomic mass is 10.2. The zero-order chi connectivity index (χ0) is 31.1. The van der Waals surface area contributed by atoms with Crippen LogP contribution in [0.4, 0.5) is 0 Å². The van der Waals surface area contributed by atoms with Crippen LogP contribution < -0.4 is 16.4 Å². The van der Waals surface area contributed by atoms with Gasteiger partial charge < -0.3 is 30.9 Å². The number of nitrogens with two attached hydrogens (primary N) is 1. The van der Waals surface area contributed by atoms with Gasteiger partial charge in [-0.2, -0.15) is 0 Å². The summed E-state index contributed by atoms with van der Waals surface area (Å²) in [7, 11) is 0. The highest BCUT2D eigenvalue weighted by atomic mass is 16.5. The van der Waals surface area contributed by atoms with Gasteiger partial charge in [-0.1, -0.05) is 75.9 Å². The Morgan fingerprint density at radius 1 is 0.897 bits per heavy atom. The maximum absolute atomic E-state index is 10.5. The zero-order valence-electron chi connectivity index (χ0n) is 22.5. The van der Waals surface area contributed by atoms with Crippen molar-refractivity contribution in [1.82, 2.24) is 10.6 Å². The first-order valence-electron chi connectivity index (χ1n) is 11.0. The van der Waals surface area contributed by atoms with Gasteiger partial charge in [-0.05, 0) is 30.7 Å². The number of primary amides is 1. The normalized spacial score (nSPS) is 7.87. The quantitative estimate of drug-likeness (QED) is 0.150. The third-order valence-electron chi connectivity index (χ3n) is 3.05. The van der Waals surface area contributed by atoms with Crippen molar-refractivity contribution in [2.75, 3.05) is 19.9 Å². The molecule has 214 valence electrons. The van der Waals surface area contributed by atoms with Crippen LogP contribution in [0.2, 0.25) is 0 Å². The molecule has 0 spiro atoms. The third-order valence-corrected chi connectivity index (χ3v) is 3.05. The lowest BCUT2D eigenvalue weighted by molar-refractivity contribution is -0.140. The molecule has 0 aromatic heterocycles. The second-order valence-electron chi connectivity index (χ2n) is 6.30. The summed E-state index contributed by atoms with van der Waals surface area (Å²) in [6.45, 7) is 22.6. The molecule has 0 unspecified atom stereocenters. The number of carbonyl (C=O) groups is 5.